The number of aromatic nitrogens is 1. The van der Waals surface area contributed by atoms with Crippen LogP contribution in [0.25, 0.3) is 0 Å². The van der Waals surface area contributed by atoms with Gasteiger partial charge in [0, 0.05) is 18.8 Å². The number of fused-ring (bicyclic) bond motifs is 1. The fraction of sp³-hybridized carbons (Fsp3) is 0.389. The van der Waals surface area contributed by atoms with Crippen molar-refractivity contribution in [3.63, 3.8) is 0 Å². The van der Waals surface area contributed by atoms with Crippen molar-refractivity contribution in [2.75, 3.05) is 6.61 Å². The van der Waals surface area contributed by atoms with Crippen molar-refractivity contribution in [3.05, 3.63) is 53.7 Å². The zero-order valence-electron chi connectivity index (χ0n) is 12.5. The molecule has 1 aromatic heterocycles. The van der Waals surface area contributed by atoms with Crippen LogP contribution in [-0.2, 0) is 6.54 Å². The van der Waals surface area contributed by atoms with E-state index in [9.17, 15) is 0 Å². The van der Waals surface area contributed by atoms with Crippen molar-refractivity contribution >= 4 is 0 Å². The van der Waals surface area contributed by atoms with Gasteiger partial charge in [-0.3, -0.25) is 0 Å². The lowest BCUT2D eigenvalue weighted by Crippen LogP contribution is -2.34. The van der Waals surface area contributed by atoms with Crippen molar-refractivity contribution in [2.45, 2.75) is 38.0 Å². The Labute approximate surface area is 130 Å². The second-order valence-electron chi connectivity index (χ2n) is 5.97. The number of rotatable bonds is 4. The molecule has 22 heavy (non-hydrogen) atoms. The Morgan fingerprint density at radius 1 is 1.14 bits per heavy atom. The highest BCUT2D eigenvalue weighted by molar-refractivity contribution is 5.35. The molecular formula is C18H20N2O2. The van der Waals surface area contributed by atoms with Crippen LogP contribution in [0, 0.1) is 0 Å². The minimum atomic E-state index is -0.0870. The van der Waals surface area contributed by atoms with Crippen molar-refractivity contribution in [1.82, 2.24) is 10.3 Å². The molecule has 1 aromatic carbocycles. The molecule has 0 spiro atoms. The summed E-state index contributed by atoms with van der Waals surface area (Å²) >= 11 is 0. The minimum absolute atomic E-state index is 0.0870. The molecule has 0 saturated heterocycles. The molecule has 4 heteroatoms. The molecule has 1 fully saturated rings. The highest BCUT2D eigenvalue weighted by Gasteiger charge is 2.23. The fourth-order valence-electron chi connectivity index (χ4n) is 2.80. The number of nitrogens with one attached hydrogen (secondary N) is 1. The van der Waals surface area contributed by atoms with Gasteiger partial charge in [0.25, 0.3) is 5.88 Å². The lowest BCUT2D eigenvalue weighted by Gasteiger charge is -2.27. The van der Waals surface area contributed by atoms with Crippen molar-refractivity contribution in [2.24, 2.45) is 0 Å². The number of ether oxygens (including phenoxy) is 2. The maximum Gasteiger partial charge on any atom is 0.257 e. The number of pyridine rings is 1. The molecule has 2 aliphatic rings. The van der Waals surface area contributed by atoms with Crippen molar-refractivity contribution < 1.29 is 9.47 Å². The molecule has 4 rings (SSSR count). The first-order valence-electron chi connectivity index (χ1n) is 7.95. The van der Waals surface area contributed by atoms with E-state index in [4.69, 9.17) is 9.47 Å². The molecule has 1 N–H and O–H groups in total. The normalized spacial score (nSPS) is 20.5. The van der Waals surface area contributed by atoms with Gasteiger partial charge in [0.2, 0.25) is 0 Å². The van der Waals surface area contributed by atoms with Gasteiger partial charge in [-0.15, -0.1) is 0 Å². The molecule has 1 atom stereocenters. The number of benzene rings is 1. The second-order valence-corrected chi connectivity index (χ2v) is 5.97. The van der Waals surface area contributed by atoms with E-state index >= 15 is 0 Å². The first-order chi connectivity index (χ1) is 10.9. The quantitative estimate of drug-likeness (QED) is 0.940. The van der Waals surface area contributed by atoms with Crippen LogP contribution in [0.4, 0.5) is 0 Å². The third kappa shape index (κ3) is 2.79. The van der Waals surface area contributed by atoms with Gasteiger partial charge >= 0.3 is 0 Å². The Morgan fingerprint density at radius 3 is 2.77 bits per heavy atom. The van der Waals surface area contributed by atoms with Crippen LogP contribution in [0.15, 0.2) is 42.6 Å². The molecule has 1 aliphatic heterocycles. The van der Waals surface area contributed by atoms with Gasteiger partial charge in [-0.05, 0) is 36.1 Å². The molecule has 0 unspecified atom stereocenters. The van der Waals surface area contributed by atoms with Gasteiger partial charge in [0.15, 0.2) is 11.9 Å². The summed E-state index contributed by atoms with van der Waals surface area (Å²) in [4.78, 5) is 4.22. The highest BCUT2D eigenvalue weighted by Crippen LogP contribution is 2.33. The summed E-state index contributed by atoms with van der Waals surface area (Å²) in [5, 5.41) is 3.58. The maximum atomic E-state index is 5.93. The first kappa shape index (κ1) is 13.6. The van der Waals surface area contributed by atoms with E-state index in [1.807, 2.05) is 12.1 Å². The maximum absolute atomic E-state index is 5.93. The molecule has 1 aliphatic carbocycles. The third-order valence-electron chi connectivity index (χ3n) is 4.43. The van der Waals surface area contributed by atoms with Gasteiger partial charge in [-0.2, -0.15) is 0 Å². The molecule has 0 bridgehead atoms. The van der Waals surface area contributed by atoms with E-state index in [0.29, 0.717) is 12.5 Å². The van der Waals surface area contributed by atoms with Crippen LogP contribution in [0.5, 0.6) is 11.6 Å². The number of hydrogen-bond donors (Lipinski definition) is 1. The Morgan fingerprint density at radius 2 is 2.00 bits per heavy atom. The van der Waals surface area contributed by atoms with Crippen LogP contribution < -0.4 is 14.8 Å². The summed E-state index contributed by atoms with van der Waals surface area (Å²) in [5.41, 5.74) is 2.44. The average molecular weight is 296 g/mol. The van der Waals surface area contributed by atoms with E-state index in [1.165, 1.54) is 24.8 Å². The fourth-order valence-corrected chi connectivity index (χ4v) is 2.80. The minimum Gasteiger partial charge on any atom is -0.484 e. The molecule has 2 aromatic rings. The van der Waals surface area contributed by atoms with Crippen molar-refractivity contribution in [3.8, 4) is 11.6 Å². The van der Waals surface area contributed by atoms with Gasteiger partial charge in [0.1, 0.15) is 6.61 Å². The van der Waals surface area contributed by atoms with Gasteiger partial charge < -0.3 is 14.8 Å². The lowest BCUT2D eigenvalue weighted by molar-refractivity contribution is 0.0851. The lowest BCUT2D eigenvalue weighted by atomic mass is 9.93. The van der Waals surface area contributed by atoms with E-state index in [-0.39, 0.29) is 6.10 Å². The Balaban J connectivity index is 1.40. The molecule has 0 amide bonds. The van der Waals surface area contributed by atoms with Gasteiger partial charge in [-0.25, -0.2) is 4.98 Å². The summed E-state index contributed by atoms with van der Waals surface area (Å²) < 4.78 is 11.7. The second kappa shape index (κ2) is 5.97. The predicted octanol–water partition coefficient (Wildman–Crippen LogP) is 3.24. The van der Waals surface area contributed by atoms with Crippen LogP contribution in [0.2, 0.25) is 0 Å². The highest BCUT2D eigenvalue weighted by atomic mass is 16.6. The topological polar surface area (TPSA) is 43.4 Å². The van der Waals surface area contributed by atoms with E-state index in [2.05, 4.69) is 34.6 Å². The van der Waals surface area contributed by atoms with Gasteiger partial charge in [-0.1, -0.05) is 30.7 Å². The van der Waals surface area contributed by atoms with Crippen LogP contribution in [0.1, 0.15) is 36.5 Å². The Hall–Kier alpha value is -2.07. The van der Waals surface area contributed by atoms with Crippen molar-refractivity contribution in [1.29, 1.82) is 0 Å². The molecule has 4 nitrogen and oxygen atoms in total. The summed E-state index contributed by atoms with van der Waals surface area (Å²) in [5.74, 6) is 1.30. The van der Waals surface area contributed by atoms with Crippen LogP contribution in [-0.4, -0.2) is 17.6 Å². The Bertz CT molecular complexity index is 638. The standard InChI is InChI=1S/C18H20N2O2/c1-3-15(4-1)20-11-13-6-8-14(9-7-13)17-12-21-16-5-2-10-19-18(16)22-17/h2,5-10,15,17,20H,1,3-4,11-12H2/t17-/m1/s1. The third-order valence-corrected chi connectivity index (χ3v) is 4.43. The largest absolute Gasteiger partial charge is 0.484 e. The molecule has 114 valence electrons. The molecule has 0 radical (unpaired) electrons. The van der Waals surface area contributed by atoms with E-state index < -0.39 is 0 Å². The molecule has 1 saturated carbocycles. The van der Waals surface area contributed by atoms with Crippen LogP contribution >= 0.6 is 0 Å². The van der Waals surface area contributed by atoms with E-state index in [0.717, 1.165) is 23.9 Å². The SMILES string of the molecule is c1cnc2c(c1)OC[C@H](c1ccc(CNC3CCC3)cc1)O2. The van der Waals surface area contributed by atoms with E-state index in [1.54, 1.807) is 6.20 Å². The number of nitrogens with zero attached hydrogens (tertiary/aromatic N) is 1. The summed E-state index contributed by atoms with van der Waals surface area (Å²) in [6.45, 7) is 1.47. The average Bonchev–Trinajstić information content (AvgIpc) is 2.54. The number of hydrogen-bond acceptors (Lipinski definition) is 4. The predicted molar refractivity (Wildman–Crippen MR) is 84.0 cm³/mol. The summed E-state index contributed by atoms with van der Waals surface area (Å²) in [6, 6.07) is 13.0. The zero-order chi connectivity index (χ0) is 14.8. The summed E-state index contributed by atoms with van der Waals surface area (Å²) in [7, 11) is 0. The Kier molecular flexibility index (Phi) is 3.69. The van der Waals surface area contributed by atoms with Crippen LogP contribution in [0.3, 0.4) is 0 Å². The summed E-state index contributed by atoms with van der Waals surface area (Å²) in [6.07, 6.45) is 5.64. The molecular weight excluding hydrogens is 276 g/mol. The monoisotopic (exact) mass is 296 g/mol. The molecule has 2 heterocycles. The van der Waals surface area contributed by atoms with Gasteiger partial charge in [0.05, 0.1) is 0 Å². The smallest absolute Gasteiger partial charge is 0.257 e. The first-order valence-corrected chi connectivity index (χ1v) is 7.95. The zero-order valence-corrected chi connectivity index (χ0v) is 12.5.